The molecule has 2 nitrogen and oxygen atoms in total. The SMILES string of the molecule is O=S1(=O)CCCCC12CCCCC2. The number of rotatable bonds is 0. The first-order chi connectivity index (χ1) is 6.16. The summed E-state index contributed by atoms with van der Waals surface area (Å²) >= 11 is 0. The van der Waals surface area contributed by atoms with Gasteiger partial charge in [-0.2, -0.15) is 0 Å². The first-order valence-electron chi connectivity index (χ1n) is 5.39. The van der Waals surface area contributed by atoms with E-state index in [2.05, 4.69) is 0 Å². The van der Waals surface area contributed by atoms with Gasteiger partial charge in [-0.15, -0.1) is 0 Å². The third-order valence-corrected chi connectivity index (χ3v) is 6.48. The number of sulfone groups is 1. The Labute approximate surface area is 80.6 Å². The standard InChI is InChI=1S/C10H18O2S/c11-13(12)9-5-4-8-10(13)6-2-1-3-7-10/h1-9H2. The summed E-state index contributed by atoms with van der Waals surface area (Å²) in [7, 11) is -2.75. The highest BCUT2D eigenvalue weighted by atomic mass is 32.2. The molecule has 0 bridgehead atoms. The maximum absolute atomic E-state index is 12.0. The van der Waals surface area contributed by atoms with Crippen LogP contribution in [0.1, 0.15) is 51.4 Å². The Bertz CT molecular complexity index is 265. The summed E-state index contributed by atoms with van der Waals surface area (Å²) in [5, 5.41) is 0. The fraction of sp³-hybridized carbons (Fsp3) is 1.00. The normalized spacial score (nSPS) is 31.7. The van der Waals surface area contributed by atoms with Crippen molar-refractivity contribution in [3.8, 4) is 0 Å². The van der Waals surface area contributed by atoms with Crippen molar-refractivity contribution in [3.05, 3.63) is 0 Å². The molecule has 0 aromatic rings. The quantitative estimate of drug-likeness (QED) is 0.604. The number of hydrogen-bond acceptors (Lipinski definition) is 2. The van der Waals surface area contributed by atoms with Gasteiger partial charge in [0.25, 0.3) is 0 Å². The van der Waals surface area contributed by atoms with Crippen LogP contribution in [0.25, 0.3) is 0 Å². The lowest BCUT2D eigenvalue weighted by molar-refractivity contribution is 0.336. The van der Waals surface area contributed by atoms with Crippen LogP contribution >= 0.6 is 0 Å². The minimum atomic E-state index is -2.75. The van der Waals surface area contributed by atoms with E-state index in [0.717, 1.165) is 44.9 Å². The Kier molecular flexibility index (Phi) is 2.39. The minimum absolute atomic E-state index is 0.274. The molecule has 0 radical (unpaired) electrons. The molecule has 2 rings (SSSR count). The van der Waals surface area contributed by atoms with Crippen molar-refractivity contribution in [3.63, 3.8) is 0 Å². The van der Waals surface area contributed by atoms with Gasteiger partial charge >= 0.3 is 0 Å². The highest BCUT2D eigenvalue weighted by Crippen LogP contribution is 2.42. The largest absolute Gasteiger partial charge is 0.228 e. The molecule has 13 heavy (non-hydrogen) atoms. The lowest BCUT2D eigenvalue weighted by Crippen LogP contribution is -2.44. The molecule has 2 fully saturated rings. The van der Waals surface area contributed by atoms with Crippen LogP contribution in [-0.4, -0.2) is 18.9 Å². The van der Waals surface area contributed by atoms with Crippen molar-refractivity contribution in [2.45, 2.75) is 56.1 Å². The Morgan fingerprint density at radius 2 is 1.31 bits per heavy atom. The molecule has 1 saturated heterocycles. The van der Waals surface area contributed by atoms with Crippen LogP contribution in [-0.2, 0) is 9.84 Å². The van der Waals surface area contributed by atoms with Crippen molar-refractivity contribution < 1.29 is 8.42 Å². The van der Waals surface area contributed by atoms with Gasteiger partial charge in [0.15, 0.2) is 9.84 Å². The molecule has 0 aromatic carbocycles. The van der Waals surface area contributed by atoms with E-state index >= 15 is 0 Å². The first kappa shape index (κ1) is 9.50. The van der Waals surface area contributed by atoms with E-state index < -0.39 is 9.84 Å². The number of hydrogen-bond donors (Lipinski definition) is 0. The highest BCUT2D eigenvalue weighted by Gasteiger charge is 2.45. The second-order valence-electron chi connectivity index (χ2n) is 4.52. The zero-order valence-electron chi connectivity index (χ0n) is 8.09. The second-order valence-corrected chi connectivity index (χ2v) is 7.02. The van der Waals surface area contributed by atoms with Crippen LogP contribution in [0, 0.1) is 0 Å². The Hall–Kier alpha value is -0.0500. The monoisotopic (exact) mass is 202 g/mol. The third kappa shape index (κ3) is 1.51. The first-order valence-corrected chi connectivity index (χ1v) is 7.04. The maximum Gasteiger partial charge on any atom is 0.156 e. The van der Waals surface area contributed by atoms with E-state index in [0.29, 0.717) is 5.75 Å². The molecule has 0 aromatic heterocycles. The van der Waals surface area contributed by atoms with Gasteiger partial charge in [0.1, 0.15) is 0 Å². The van der Waals surface area contributed by atoms with E-state index in [4.69, 9.17) is 0 Å². The topological polar surface area (TPSA) is 34.1 Å². The Balaban J connectivity index is 2.26. The van der Waals surface area contributed by atoms with E-state index in [1.165, 1.54) is 6.42 Å². The van der Waals surface area contributed by atoms with Gasteiger partial charge in [-0.05, 0) is 25.7 Å². The maximum atomic E-state index is 12.0. The lowest BCUT2D eigenvalue weighted by atomic mass is 9.84. The molecule has 0 N–H and O–H groups in total. The minimum Gasteiger partial charge on any atom is -0.228 e. The summed E-state index contributed by atoms with van der Waals surface area (Å²) in [5.74, 6) is 0.451. The van der Waals surface area contributed by atoms with Gasteiger partial charge in [-0.1, -0.05) is 25.7 Å². The van der Waals surface area contributed by atoms with Crippen molar-refractivity contribution >= 4 is 9.84 Å². The molecule has 1 heterocycles. The zero-order valence-corrected chi connectivity index (χ0v) is 8.91. The van der Waals surface area contributed by atoms with Gasteiger partial charge in [0, 0.05) is 0 Å². The van der Waals surface area contributed by atoms with Crippen molar-refractivity contribution in [1.29, 1.82) is 0 Å². The van der Waals surface area contributed by atoms with Gasteiger partial charge in [0.2, 0.25) is 0 Å². The van der Waals surface area contributed by atoms with Crippen molar-refractivity contribution in [1.82, 2.24) is 0 Å². The highest BCUT2D eigenvalue weighted by molar-refractivity contribution is 7.92. The van der Waals surface area contributed by atoms with Crippen molar-refractivity contribution in [2.75, 3.05) is 5.75 Å². The van der Waals surface area contributed by atoms with E-state index in [1.54, 1.807) is 0 Å². The molecule has 1 aliphatic heterocycles. The molecule has 1 spiro atoms. The predicted molar refractivity (Wildman–Crippen MR) is 53.5 cm³/mol. The van der Waals surface area contributed by atoms with Gasteiger partial charge in [0.05, 0.1) is 10.5 Å². The average Bonchev–Trinajstić information content (AvgIpc) is 2.12. The molecule has 0 atom stereocenters. The zero-order chi connectivity index (χ0) is 9.36. The summed E-state index contributed by atoms with van der Waals surface area (Å²) in [5.41, 5.74) is 0. The summed E-state index contributed by atoms with van der Waals surface area (Å²) in [4.78, 5) is 0. The second kappa shape index (κ2) is 3.26. The molecule has 3 heteroatoms. The fourth-order valence-electron chi connectivity index (χ4n) is 2.87. The molecule has 76 valence electrons. The van der Waals surface area contributed by atoms with E-state index in [-0.39, 0.29) is 4.75 Å². The average molecular weight is 202 g/mol. The lowest BCUT2D eigenvalue weighted by Gasteiger charge is -2.39. The molecule has 1 aliphatic carbocycles. The van der Waals surface area contributed by atoms with Crippen LogP contribution in [0.3, 0.4) is 0 Å². The van der Waals surface area contributed by atoms with Crippen LogP contribution in [0.4, 0.5) is 0 Å². The van der Waals surface area contributed by atoms with E-state index in [9.17, 15) is 8.42 Å². The Morgan fingerprint density at radius 1 is 0.769 bits per heavy atom. The molecule has 2 aliphatic rings. The van der Waals surface area contributed by atoms with Crippen molar-refractivity contribution in [2.24, 2.45) is 0 Å². The molecular weight excluding hydrogens is 184 g/mol. The van der Waals surface area contributed by atoms with Gasteiger partial charge < -0.3 is 0 Å². The van der Waals surface area contributed by atoms with Crippen LogP contribution < -0.4 is 0 Å². The van der Waals surface area contributed by atoms with Crippen LogP contribution in [0.5, 0.6) is 0 Å². The molecule has 1 saturated carbocycles. The third-order valence-electron chi connectivity index (χ3n) is 3.72. The summed E-state index contributed by atoms with van der Waals surface area (Å²) in [6, 6.07) is 0. The van der Waals surface area contributed by atoms with E-state index in [1.807, 2.05) is 0 Å². The summed E-state index contributed by atoms with van der Waals surface area (Å²) < 4.78 is 23.6. The molecule has 0 unspecified atom stereocenters. The Morgan fingerprint density at radius 3 is 1.92 bits per heavy atom. The smallest absolute Gasteiger partial charge is 0.156 e. The van der Waals surface area contributed by atoms with Gasteiger partial charge in [-0.25, -0.2) is 8.42 Å². The molecular formula is C10H18O2S. The van der Waals surface area contributed by atoms with Gasteiger partial charge in [-0.3, -0.25) is 0 Å². The summed E-state index contributed by atoms with van der Waals surface area (Å²) in [6.45, 7) is 0. The molecule has 0 amide bonds. The fourth-order valence-corrected chi connectivity index (χ4v) is 5.25. The predicted octanol–water partition coefficient (Wildman–Crippen LogP) is 2.29. The van der Waals surface area contributed by atoms with Crippen LogP contribution in [0.2, 0.25) is 0 Å². The van der Waals surface area contributed by atoms with Crippen LogP contribution in [0.15, 0.2) is 0 Å². The summed E-state index contributed by atoms with van der Waals surface area (Å²) in [6.07, 6.45) is 8.32.